The van der Waals surface area contributed by atoms with Gasteiger partial charge in [-0.15, -0.1) is 0 Å². The third kappa shape index (κ3) is 1.25. The Labute approximate surface area is 90.9 Å². The summed E-state index contributed by atoms with van der Waals surface area (Å²) in [6, 6.07) is 0. The highest BCUT2D eigenvalue weighted by Crippen LogP contribution is 2.32. The molecule has 0 aliphatic carbocycles. The Balaban J connectivity index is 1.97. The Kier molecular flexibility index (Phi) is 2.01. The lowest BCUT2D eigenvalue weighted by Gasteiger charge is -2.35. The van der Waals surface area contributed by atoms with Gasteiger partial charge in [0.05, 0.1) is 19.0 Å². The molecule has 0 amide bonds. The second kappa shape index (κ2) is 3.39. The maximum Gasteiger partial charge on any atom is 0.167 e. The molecule has 3 rings (SSSR count). The van der Waals surface area contributed by atoms with Crippen LogP contribution in [0.15, 0.2) is 12.7 Å². The predicted octanol–water partition coefficient (Wildman–Crippen LogP) is -0.312. The summed E-state index contributed by atoms with van der Waals surface area (Å²) in [4.78, 5) is 12.1. The molecule has 7 heteroatoms. The molecule has 3 heterocycles. The van der Waals surface area contributed by atoms with Gasteiger partial charge in [-0.3, -0.25) is 4.57 Å². The van der Waals surface area contributed by atoms with Gasteiger partial charge in [0.1, 0.15) is 18.1 Å². The molecule has 2 atom stereocenters. The summed E-state index contributed by atoms with van der Waals surface area (Å²) in [5.41, 5.74) is 6.92. The van der Waals surface area contributed by atoms with Crippen molar-refractivity contribution >= 4 is 17.0 Å². The SMILES string of the molecule is Nc1ncnc2c1ncn2[C@@H]1C[C@@H](CO)O1. The predicted molar refractivity (Wildman–Crippen MR) is 55.3 cm³/mol. The van der Waals surface area contributed by atoms with Crippen LogP contribution >= 0.6 is 0 Å². The minimum atomic E-state index is -0.114. The molecule has 1 aliphatic heterocycles. The van der Waals surface area contributed by atoms with E-state index >= 15 is 0 Å². The lowest BCUT2D eigenvalue weighted by atomic mass is 10.1. The summed E-state index contributed by atoms with van der Waals surface area (Å²) >= 11 is 0. The normalized spacial score (nSPS) is 24.6. The molecule has 2 aromatic heterocycles. The van der Waals surface area contributed by atoms with E-state index in [2.05, 4.69) is 15.0 Å². The number of hydrogen-bond acceptors (Lipinski definition) is 6. The summed E-state index contributed by atoms with van der Waals surface area (Å²) in [5.74, 6) is 0.363. The molecule has 0 aromatic carbocycles. The van der Waals surface area contributed by atoms with Crippen LogP contribution in [-0.4, -0.2) is 37.3 Å². The van der Waals surface area contributed by atoms with Gasteiger partial charge in [-0.1, -0.05) is 0 Å². The molecule has 0 unspecified atom stereocenters. The molecule has 1 fully saturated rings. The summed E-state index contributed by atoms with van der Waals surface area (Å²) in [6.45, 7) is 0.0419. The molecule has 1 saturated heterocycles. The number of anilines is 1. The first kappa shape index (κ1) is 9.49. The van der Waals surface area contributed by atoms with E-state index < -0.39 is 0 Å². The number of hydrogen-bond donors (Lipinski definition) is 2. The van der Waals surface area contributed by atoms with Crippen LogP contribution in [0.3, 0.4) is 0 Å². The molecule has 84 valence electrons. The van der Waals surface area contributed by atoms with Crippen molar-refractivity contribution in [2.45, 2.75) is 18.8 Å². The first-order valence-corrected chi connectivity index (χ1v) is 4.99. The van der Waals surface area contributed by atoms with Gasteiger partial charge in [0, 0.05) is 6.42 Å². The number of imidazole rings is 1. The first-order valence-electron chi connectivity index (χ1n) is 4.99. The summed E-state index contributed by atoms with van der Waals surface area (Å²) in [6.07, 6.45) is 3.59. The van der Waals surface area contributed by atoms with E-state index in [9.17, 15) is 0 Å². The topological polar surface area (TPSA) is 99.1 Å². The van der Waals surface area contributed by atoms with E-state index in [4.69, 9.17) is 15.6 Å². The van der Waals surface area contributed by atoms with E-state index in [0.29, 0.717) is 17.0 Å². The van der Waals surface area contributed by atoms with Crippen LogP contribution in [-0.2, 0) is 4.74 Å². The fraction of sp³-hybridized carbons (Fsp3) is 0.444. The van der Waals surface area contributed by atoms with Crippen molar-refractivity contribution in [3.8, 4) is 0 Å². The number of nitrogen functional groups attached to an aromatic ring is 1. The van der Waals surface area contributed by atoms with Crippen LogP contribution in [0.25, 0.3) is 11.2 Å². The zero-order valence-corrected chi connectivity index (χ0v) is 8.45. The van der Waals surface area contributed by atoms with Crippen LogP contribution in [0.2, 0.25) is 0 Å². The first-order chi connectivity index (χ1) is 7.79. The van der Waals surface area contributed by atoms with Gasteiger partial charge in [-0.2, -0.15) is 0 Å². The van der Waals surface area contributed by atoms with Gasteiger partial charge in [-0.05, 0) is 0 Å². The van der Waals surface area contributed by atoms with Gasteiger partial charge in [-0.25, -0.2) is 15.0 Å². The van der Waals surface area contributed by atoms with Gasteiger partial charge < -0.3 is 15.6 Å². The lowest BCUT2D eigenvalue weighted by Crippen LogP contribution is -2.36. The average molecular weight is 221 g/mol. The fourth-order valence-electron chi connectivity index (χ4n) is 1.81. The summed E-state index contributed by atoms with van der Waals surface area (Å²) in [5, 5.41) is 8.86. The standard InChI is InChI=1S/C9H11N5O2/c10-8-7-9(12-3-11-8)14(4-13-7)6-1-5(2-15)16-6/h3-6,15H,1-2H2,(H2,10,11,12)/t5-,6-/m0/s1. The highest BCUT2D eigenvalue weighted by Gasteiger charge is 2.32. The molecule has 3 N–H and O–H groups in total. The minimum absolute atomic E-state index is 0.0419. The van der Waals surface area contributed by atoms with Gasteiger partial charge in [0.2, 0.25) is 0 Å². The molecule has 0 spiro atoms. The Hall–Kier alpha value is -1.73. The van der Waals surface area contributed by atoms with Crippen molar-refractivity contribution < 1.29 is 9.84 Å². The number of aliphatic hydroxyl groups excluding tert-OH is 1. The number of aliphatic hydroxyl groups is 1. The number of nitrogens with zero attached hydrogens (tertiary/aromatic N) is 4. The average Bonchev–Trinajstić information content (AvgIpc) is 2.62. The van der Waals surface area contributed by atoms with Crippen molar-refractivity contribution in [2.24, 2.45) is 0 Å². The lowest BCUT2D eigenvalue weighted by molar-refractivity contribution is -0.178. The van der Waals surface area contributed by atoms with Crippen molar-refractivity contribution in [1.29, 1.82) is 0 Å². The molecule has 0 bridgehead atoms. The third-order valence-electron chi connectivity index (χ3n) is 2.72. The quantitative estimate of drug-likeness (QED) is 0.721. The number of aromatic nitrogens is 4. The number of fused-ring (bicyclic) bond motifs is 1. The Bertz CT molecular complexity index is 520. The van der Waals surface area contributed by atoms with E-state index in [1.165, 1.54) is 6.33 Å². The smallest absolute Gasteiger partial charge is 0.167 e. The van der Waals surface area contributed by atoms with Crippen LogP contribution in [0.1, 0.15) is 12.6 Å². The zero-order chi connectivity index (χ0) is 11.1. The van der Waals surface area contributed by atoms with E-state index in [1.54, 1.807) is 10.9 Å². The molecule has 0 radical (unpaired) electrons. The summed E-state index contributed by atoms with van der Waals surface area (Å²) < 4.78 is 7.26. The molecule has 0 saturated carbocycles. The highest BCUT2D eigenvalue weighted by atomic mass is 16.5. The molecule has 7 nitrogen and oxygen atoms in total. The van der Waals surface area contributed by atoms with Crippen molar-refractivity contribution in [3.05, 3.63) is 12.7 Å². The molecular formula is C9H11N5O2. The molecule has 1 aliphatic rings. The van der Waals surface area contributed by atoms with Gasteiger partial charge in [0.25, 0.3) is 0 Å². The number of nitrogens with two attached hydrogens (primary N) is 1. The molecule has 2 aromatic rings. The monoisotopic (exact) mass is 221 g/mol. The maximum absolute atomic E-state index is 8.86. The van der Waals surface area contributed by atoms with E-state index in [-0.39, 0.29) is 18.9 Å². The number of rotatable bonds is 2. The van der Waals surface area contributed by atoms with E-state index in [1.807, 2.05) is 0 Å². The van der Waals surface area contributed by atoms with E-state index in [0.717, 1.165) is 6.42 Å². The third-order valence-corrected chi connectivity index (χ3v) is 2.72. The second-order valence-electron chi connectivity index (χ2n) is 3.71. The second-order valence-corrected chi connectivity index (χ2v) is 3.71. The van der Waals surface area contributed by atoms with Crippen molar-refractivity contribution in [2.75, 3.05) is 12.3 Å². The van der Waals surface area contributed by atoms with Crippen molar-refractivity contribution in [1.82, 2.24) is 19.5 Å². The van der Waals surface area contributed by atoms with Crippen LogP contribution < -0.4 is 5.73 Å². The molecular weight excluding hydrogens is 210 g/mol. The molecule has 16 heavy (non-hydrogen) atoms. The number of ether oxygens (including phenoxy) is 1. The van der Waals surface area contributed by atoms with Crippen molar-refractivity contribution in [3.63, 3.8) is 0 Å². The summed E-state index contributed by atoms with van der Waals surface area (Å²) in [7, 11) is 0. The maximum atomic E-state index is 8.86. The van der Waals surface area contributed by atoms with Gasteiger partial charge >= 0.3 is 0 Å². The van der Waals surface area contributed by atoms with Crippen LogP contribution in [0.4, 0.5) is 5.82 Å². The zero-order valence-electron chi connectivity index (χ0n) is 8.45. The Morgan fingerprint density at radius 1 is 1.50 bits per heavy atom. The van der Waals surface area contributed by atoms with Gasteiger partial charge in [0.15, 0.2) is 11.5 Å². The minimum Gasteiger partial charge on any atom is -0.394 e. The Morgan fingerprint density at radius 2 is 2.31 bits per heavy atom. The highest BCUT2D eigenvalue weighted by molar-refractivity contribution is 5.81. The fourth-order valence-corrected chi connectivity index (χ4v) is 1.81. The largest absolute Gasteiger partial charge is 0.394 e. The Morgan fingerprint density at radius 3 is 3.06 bits per heavy atom. The van der Waals surface area contributed by atoms with Crippen LogP contribution in [0, 0.1) is 0 Å². The van der Waals surface area contributed by atoms with Crippen LogP contribution in [0.5, 0.6) is 0 Å².